The first-order chi connectivity index (χ1) is 8.83. The van der Waals surface area contributed by atoms with Crippen LogP contribution in [0.15, 0.2) is 15.8 Å². The molecule has 0 aliphatic carbocycles. The Bertz CT molecular complexity index is 509. The maximum Gasteiger partial charge on any atom is 0.328 e. The topological polar surface area (TPSA) is 66.9 Å². The van der Waals surface area contributed by atoms with Gasteiger partial charge >= 0.3 is 5.69 Å². The summed E-state index contributed by atoms with van der Waals surface area (Å²) in [6.45, 7) is 10.7. The molecule has 0 saturated carbocycles. The van der Waals surface area contributed by atoms with Gasteiger partial charge in [-0.1, -0.05) is 27.7 Å². The molecule has 2 N–H and O–H groups in total. The summed E-state index contributed by atoms with van der Waals surface area (Å²) in [6.07, 6.45) is 3.38. The summed E-state index contributed by atoms with van der Waals surface area (Å²) in [5.74, 6) is 0. The molecule has 1 rings (SSSR count). The molecule has 0 bridgehead atoms. The van der Waals surface area contributed by atoms with Crippen molar-refractivity contribution in [2.24, 2.45) is 5.41 Å². The van der Waals surface area contributed by atoms with Gasteiger partial charge in [-0.25, -0.2) is 4.79 Å². The second-order valence-corrected chi connectivity index (χ2v) is 6.02. The Hall–Kier alpha value is -1.36. The number of H-pyrrole nitrogens is 1. The number of aromatic nitrogens is 2. The SMILES string of the molecule is CCc1cn(CCNCCC(C)(C)C)c(=O)[nH]c1=O. The Kier molecular flexibility index (Phi) is 5.54. The lowest BCUT2D eigenvalue weighted by Crippen LogP contribution is -2.34. The zero-order chi connectivity index (χ0) is 14.5. The van der Waals surface area contributed by atoms with Crippen molar-refractivity contribution in [3.63, 3.8) is 0 Å². The van der Waals surface area contributed by atoms with Crippen LogP contribution >= 0.6 is 0 Å². The summed E-state index contributed by atoms with van der Waals surface area (Å²) >= 11 is 0. The molecule has 0 radical (unpaired) electrons. The average molecular weight is 267 g/mol. The lowest BCUT2D eigenvalue weighted by atomic mass is 9.92. The van der Waals surface area contributed by atoms with E-state index in [0.717, 1.165) is 19.5 Å². The fraction of sp³-hybridized carbons (Fsp3) is 0.714. The quantitative estimate of drug-likeness (QED) is 0.759. The van der Waals surface area contributed by atoms with Crippen LogP contribution in [0.1, 0.15) is 39.7 Å². The zero-order valence-electron chi connectivity index (χ0n) is 12.4. The molecule has 0 unspecified atom stereocenters. The van der Waals surface area contributed by atoms with Crippen molar-refractivity contribution in [1.29, 1.82) is 0 Å². The molecule has 0 aliphatic rings. The van der Waals surface area contributed by atoms with E-state index < -0.39 is 0 Å². The molecule has 1 aromatic heterocycles. The number of rotatable bonds is 6. The average Bonchev–Trinajstić information content (AvgIpc) is 2.29. The molecular formula is C14H25N3O2. The van der Waals surface area contributed by atoms with Crippen LogP contribution in [0.25, 0.3) is 0 Å². The number of nitrogens with one attached hydrogen (secondary N) is 2. The van der Waals surface area contributed by atoms with Crippen LogP contribution in [0, 0.1) is 5.41 Å². The highest BCUT2D eigenvalue weighted by Gasteiger charge is 2.08. The number of aryl methyl sites for hydroxylation is 1. The third-order valence-corrected chi connectivity index (χ3v) is 3.05. The van der Waals surface area contributed by atoms with E-state index in [4.69, 9.17) is 0 Å². The van der Waals surface area contributed by atoms with E-state index in [-0.39, 0.29) is 11.2 Å². The van der Waals surface area contributed by atoms with Gasteiger partial charge in [0.05, 0.1) is 0 Å². The molecule has 0 amide bonds. The number of aromatic amines is 1. The molecule has 0 aliphatic heterocycles. The van der Waals surface area contributed by atoms with Crippen molar-refractivity contribution < 1.29 is 0 Å². The van der Waals surface area contributed by atoms with Crippen molar-refractivity contribution in [2.45, 2.75) is 47.1 Å². The van der Waals surface area contributed by atoms with E-state index in [9.17, 15) is 9.59 Å². The zero-order valence-corrected chi connectivity index (χ0v) is 12.4. The highest BCUT2D eigenvalue weighted by Crippen LogP contribution is 2.16. The van der Waals surface area contributed by atoms with Gasteiger partial charge in [-0.15, -0.1) is 0 Å². The maximum atomic E-state index is 11.6. The van der Waals surface area contributed by atoms with Gasteiger partial charge in [0.15, 0.2) is 0 Å². The molecule has 0 aromatic carbocycles. The molecule has 19 heavy (non-hydrogen) atoms. The van der Waals surface area contributed by atoms with E-state index >= 15 is 0 Å². The number of hydrogen-bond acceptors (Lipinski definition) is 3. The van der Waals surface area contributed by atoms with Crippen LogP contribution in [0.4, 0.5) is 0 Å². The maximum absolute atomic E-state index is 11.6. The third kappa shape index (κ3) is 5.42. The molecule has 1 aromatic rings. The molecule has 108 valence electrons. The van der Waals surface area contributed by atoms with Gasteiger partial charge in [0.1, 0.15) is 0 Å². The summed E-state index contributed by atoms with van der Waals surface area (Å²) < 4.78 is 1.56. The highest BCUT2D eigenvalue weighted by atomic mass is 16.2. The van der Waals surface area contributed by atoms with Gasteiger partial charge < -0.3 is 5.32 Å². The summed E-state index contributed by atoms with van der Waals surface area (Å²) in [5, 5.41) is 3.32. The first kappa shape index (κ1) is 15.7. The van der Waals surface area contributed by atoms with E-state index in [1.807, 2.05) is 6.92 Å². The minimum atomic E-state index is -0.333. The Morgan fingerprint density at radius 3 is 2.53 bits per heavy atom. The second kappa shape index (κ2) is 6.70. The van der Waals surface area contributed by atoms with Crippen molar-refractivity contribution in [2.75, 3.05) is 13.1 Å². The summed E-state index contributed by atoms with van der Waals surface area (Å²) in [6, 6.07) is 0. The Morgan fingerprint density at radius 1 is 1.26 bits per heavy atom. The van der Waals surface area contributed by atoms with Gasteiger partial charge in [0.25, 0.3) is 5.56 Å². The normalized spacial score (nSPS) is 11.8. The monoisotopic (exact) mass is 267 g/mol. The molecule has 5 heteroatoms. The molecule has 0 saturated heterocycles. The Morgan fingerprint density at radius 2 is 1.95 bits per heavy atom. The summed E-state index contributed by atoms with van der Waals surface area (Å²) in [5.41, 5.74) is 0.357. The lowest BCUT2D eigenvalue weighted by molar-refractivity contribution is 0.365. The van der Waals surface area contributed by atoms with Gasteiger partial charge in [0.2, 0.25) is 0 Å². The largest absolute Gasteiger partial charge is 0.328 e. The van der Waals surface area contributed by atoms with Crippen LogP contribution in [-0.4, -0.2) is 22.6 Å². The minimum Gasteiger partial charge on any atom is -0.315 e. The van der Waals surface area contributed by atoms with Gasteiger partial charge in [-0.2, -0.15) is 0 Å². The van der Waals surface area contributed by atoms with E-state index in [1.54, 1.807) is 10.8 Å². The van der Waals surface area contributed by atoms with Crippen LogP contribution in [-0.2, 0) is 13.0 Å². The molecule has 0 atom stereocenters. The second-order valence-electron chi connectivity index (χ2n) is 6.02. The van der Waals surface area contributed by atoms with Crippen LogP contribution in [0.2, 0.25) is 0 Å². The predicted octanol–water partition coefficient (Wildman–Crippen LogP) is 1.12. The Labute approximate surface area is 114 Å². The molecule has 0 fully saturated rings. The third-order valence-electron chi connectivity index (χ3n) is 3.05. The lowest BCUT2D eigenvalue weighted by Gasteiger charge is -2.18. The Balaban J connectivity index is 2.50. The minimum absolute atomic E-state index is 0.274. The fourth-order valence-electron chi connectivity index (χ4n) is 1.76. The first-order valence-electron chi connectivity index (χ1n) is 6.87. The van der Waals surface area contributed by atoms with E-state index in [2.05, 4.69) is 31.1 Å². The molecule has 1 heterocycles. The van der Waals surface area contributed by atoms with Crippen LogP contribution < -0.4 is 16.6 Å². The van der Waals surface area contributed by atoms with Crippen LogP contribution in [0.3, 0.4) is 0 Å². The fourth-order valence-corrected chi connectivity index (χ4v) is 1.76. The van der Waals surface area contributed by atoms with Gasteiger partial charge in [0, 0.05) is 24.8 Å². The number of nitrogens with zero attached hydrogens (tertiary/aromatic N) is 1. The standard InChI is InChI=1S/C14H25N3O2/c1-5-11-10-17(13(19)16-12(11)18)9-8-15-7-6-14(2,3)4/h10,15H,5-9H2,1-4H3,(H,16,18,19). The van der Waals surface area contributed by atoms with Crippen molar-refractivity contribution >= 4 is 0 Å². The van der Waals surface area contributed by atoms with E-state index in [0.29, 0.717) is 23.9 Å². The van der Waals surface area contributed by atoms with E-state index in [1.165, 1.54) is 0 Å². The molecular weight excluding hydrogens is 242 g/mol. The van der Waals surface area contributed by atoms with Crippen LogP contribution in [0.5, 0.6) is 0 Å². The van der Waals surface area contributed by atoms with Gasteiger partial charge in [-0.3, -0.25) is 14.3 Å². The highest BCUT2D eigenvalue weighted by molar-refractivity contribution is 5.03. The smallest absolute Gasteiger partial charge is 0.315 e. The predicted molar refractivity (Wildman–Crippen MR) is 77.6 cm³/mol. The molecule has 0 spiro atoms. The summed E-state index contributed by atoms with van der Waals surface area (Å²) in [4.78, 5) is 25.4. The molecule has 5 nitrogen and oxygen atoms in total. The number of hydrogen-bond donors (Lipinski definition) is 2. The van der Waals surface area contributed by atoms with Gasteiger partial charge in [-0.05, 0) is 24.8 Å². The summed E-state index contributed by atoms with van der Waals surface area (Å²) in [7, 11) is 0. The van der Waals surface area contributed by atoms with Crippen molar-refractivity contribution in [3.05, 3.63) is 32.6 Å². The first-order valence-corrected chi connectivity index (χ1v) is 6.87. The van der Waals surface area contributed by atoms with Crippen molar-refractivity contribution in [3.8, 4) is 0 Å². The van der Waals surface area contributed by atoms with Crippen molar-refractivity contribution in [1.82, 2.24) is 14.9 Å².